The maximum absolute atomic E-state index is 13.4. The van der Waals surface area contributed by atoms with Crippen LogP contribution in [0.15, 0.2) is 30.5 Å². The van der Waals surface area contributed by atoms with Gasteiger partial charge in [0.1, 0.15) is 18.3 Å². The zero-order valence-electron chi connectivity index (χ0n) is 20.4. The summed E-state index contributed by atoms with van der Waals surface area (Å²) in [5.74, 6) is 2.22. The molecule has 0 unspecified atom stereocenters. The number of halogens is 2. The summed E-state index contributed by atoms with van der Waals surface area (Å²) < 4.78 is 13.4. The van der Waals surface area contributed by atoms with Gasteiger partial charge in [-0.15, -0.1) is 10.2 Å². The molecular weight excluding hydrogens is 517 g/mol. The van der Waals surface area contributed by atoms with Crippen LogP contribution in [0.1, 0.15) is 27.6 Å². The van der Waals surface area contributed by atoms with Gasteiger partial charge in [0.15, 0.2) is 11.6 Å². The fraction of sp³-hybridized carbons (Fsp3) is 0.440. The normalized spacial score (nSPS) is 16.3. The fourth-order valence-electron chi connectivity index (χ4n) is 4.54. The number of hydrogen-bond donors (Lipinski definition) is 1. The van der Waals surface area contributed by atoms with E-state index in [1.165, 1.54) is 6.20 Å². The number of carbonyl (C=O) groups excluding carboxylic acids is 1. The molecule has 3 aromatic rings. The van der Waals surface area contributed by atoms with Crippen molar-refractivity contribution in [1.29, 1.82) is 0 Å². The molecule has 4 heterocycles. The molecule has 2 N–H and O–H groups in total. The van der Waals surface area contributed by atoms with E-state index in [4.69, 9.17) is 38.4 Å². The van der Waals surface area contributed by atoms with Crippen LogP contribution < -0.4 is 10.5 Å². The summed E-state index contributed by atoms with van der Waals surface area (Å²) in [5, 5.41) is 9.81. The van der Waals surface area contributed by atoms with Gasteiger partial charge in [-0.05, 0) is 18.2 Å². The van der Waals surface area contributed by atoms with Gasteiger partial charge in [0.05, 0.1) is 18.8 Å². The lowest BCUT2D eigenvalue weighted by molar-refractivity contribution is 0.0381. The maximum atomic E-state index is 13.4. The fourth-order valence-corrected chi connectivity index (χ4v) is 5.05. The van der Waals surface area contributed by atoms with Crippen LogP contribution in [-0.4, -0.2) is 81.4 Å². The summed E-state index contributed by atoms with van der Waals surface area (Å²) in [5.41, 5.74) is 7.06. The van der Waals surface area contributed by atoms with Crippen molar-refractivity contribution in [3.8, 4) is 5.75 Å². The molecule has 1 fully saturated rings. The number of rotatable bonds is 7. The summed E-state index contributed by atoms with van der Waals surface area (Å²) in [6.45, 7) is 6.18. The Morgan fingerprint density at radius 2 is 1.86 bits per heavy atom. The van der Waals surface area contributed by atoms with Gasteiger partial charge in [0, 0.05) is 73.9 Å². The van der Waals surface area contributed by atoms with Gasteiger partial charge in [-0.25, -0.2) is 4.98 Å². The molecule has 37 heavy (non-hydrogen) atoms. The number of nitrogens with two attached hydrogens (primary N) is 1. The van der Waals surface area contributed by atoms with Crippen molar-refractivity contribution in [3.05, 3.63) is 63.3 Å². The third kappa shape index (κ3) is 5.98. The second kappa shape index (κ2) is 11.6. The molecule has 1 amide bonds. The lowest BCUT2D eigenvalue weighted by atomic mass is 10.2. The van der Waals surface area contributed by atoms with Crippen molar-refractivity contribution in [2.75, 3.05) is 51.7 Å². The molecule has 0 aliphatic carbocycles. The Morgan fingerprint density at radius 3 is 2.65 bits per heavy atom. The number of pyridine rings is 1. The minimum absolute atomic E-state index is 0.104. The summed E-state index contributed by atoms with van der Waals surface area (Å²) in [4.78, 5) is 21.7. The second-order valence-corrected chi connectivity index (χ2v) is 9.84. The number of carbonyl (C=O) groups is 1. The van der Waals surface area contributed by atoms with Crippen molar-refractivity contribution in [2.24, 2.45) is 0 Å². The quantitative estimate of drug-likeness (QED) is 0.482. The Morgan fingerprint density at radius 1 is 1.08 bits per heavy atom. The monoisotopic (exact) mass is 545 g/mol. The number of benzene rings is 1. The van der Waals surface area contributed by atoms with Crippen LogP contribution in [0, 0.1) is 0 Å². The van der Waals surface area contributed by atoms with Gasteiger partial charge in [-0.3, -0.25) is 9.69 Å². The van der Waals surface area contributed by atoms with E-state index in [2.05, 4.69) is 24.6 Å². The minimum Gasteiger partial charge on any atom is -0.485 e. The van der Waals surface area contributed by atoms with Crippen molar-refractivity contribution < 1.29 is 14.3 Å². The summed E-state index contributed by atoms with van der Waals surface area (Å²) in [7, 11) is 0. The smallest absolute Gasteiger partial charge is 0.255 e. The maximum Gasteiger partial charge on any atom is 0.255 e. The van der Waals surface area contributed by atoms with Gasteiger partial charge in [0.25, 0.3) is 5.91 Å². The predicted molar refractivity (Wildman–Crippen MR) is 140 cm³/mol. The van der Waals surface area contributed by atoms with Gasteiger partial charge >= 0.3 is 0 Å². The van der Waals surface area contributed by atoms with E-state index < -0.39 is 0 Å². The van der Waals surface area contributed by atoms with Crippen molar-refractivity contribution in [2.45, 2.75) is 26.0 Å². The Balaban J connectivity index is 1.23. The summed E-state index contributed by atoms with van der Waals surface area (Å²) in [6.07, 6.45) is 2.93. The van der Waals surface area contributed by atoms with E-state index in [0.29, 0.717) is 53.0 Å². The molecule has 1 saturated heterocycles. The van der Waals surface area contributed by atoms with E-state index in [1.807, 2.05) is 4.90 Å². The standard InChI is InChI=1S/C25H29Cl2N7O3/c26-19-2-1-3-20(27)18(19)16-37-21-14-17(15-29-24(21)28)25(35)33-7-5-23-31-30-22(34(23)9-8-33)4-6-32-10-12-36-13-11-32/h1-3,14-15H,4-13,16H2,(H2,28,29). The molecule has 2 aliphatic rings. The third-order valence-electron chi connectivity index (χ3n) is 6.71. The predicted octanol–water partition coefficient (Wildman–Crippen LogP) is 2.71. The Kier molecular flexibility index (Phi) is 8.09. The largest absolute Gasteiger partial charge is 0.485 e. The zero-order valence-corrected chi connectivity index (χ0v) is 21.9. The van der Waals surface area contributed by atoms with Gasteiger partial charge in [-0.1, -0.05) is 29.3 Å². The molecule has 0 atom stereocenters. The molecule has 0 saturated carbocycles. The Hall–Kier alpha value is -2.92. The topological polar surface area (TPSA) is 112 Å². The van der Waals surface area contributed by atoms with Crippen molar-refractivity contribution in [1.82, 2.24) is 29.5 Å². The van der Waals surface area contributed by atoms with Crippen LogP contribution in [0.2, 0.25) is 10.0 Å². The highest BCUT2D eigenvalue weighted by molar-refractivity contribution is 6.35. The highest BCUT2D eigenvalue weighted by Gasteiger charge is 2.24. The van der Waals surface area contributed by atoms with E-state index in [1.54, 1.807) is 24.3 Å². The van der Waals surface area contributed by atoms with Crippen LogP contribution in [0.5, 0.6) is 5.75 Å². The third-order valence-corrected chi connectivity index (χ3v) is 7.42. The average Bonchev–Trinajstić information content (AvgIpc) is 3.17. The first-order valence-electron chi connectivity index (χ1n) is 12.3. The lowest BCUT2D eigenvalue weighted by Crippen LogP contribution is -2.37. The number of ether oxygens (including phenoxy) is 2. The number of fused-ring (bicyclic) bond motifs is 1. The second-order valence-electron chi connectivity index (χ2n) is 9.03. The summed E-state index contributed by atoms with van der Waals surface area (Å²) >= 11 is 12.5. The van der Waals surface area contributed by atoms with E-state index >= 15 is 0 Å². The number of amides is 1. The van der Waals surface area contributed by atoms with E-state index in [0.717, 1.165) is 50.9 Å². The minimum atomic E-state index is -0.137. The van der Waals surface area contributed by atoms with Crippen molar-refractivity contribution >= 4 is 34.9 Å². The highest BCUT2D eigenvalue weighted by Crippen LogP contribution is 2.28. The van der Waals surface area contributed by atoms with Crippen LogP contribution in [0.4, 0.5) is 5.82 Å². The van der Waals surface area contributed by atoms with Crippen LogP contribution in [0.3, 0.4) is 0 Å². The molecule has 0 radical (unpaired) electrons. The molecule has 2 aromatic heterocycles. The van der Waals surface area contributed by atoms with Crippen LogP contribution >= 0.6 is 23.2 Å². The van der Waals surface area contributed by atoms with Gasteiger partial charge in [-0.2, -0.15) is 0 Å². The Bertz CT molecular complexity index is 1240. The number of aromatic nitrogens is 4. The molecule has 10 nitrogen and oxygen atoms in total. The molecule has 0 spiro atoms. The molecule has 1 aromatic carbocycles. The van der Waals surface area contributed by atoms with E-state index in [-0.39, 0.29) is 18.3 Å². The molecule has 12 heteroatoms. The number of morpholine rings is 1. The number of nitrogen functional groups attached to an aromatic ring is 1. The number of nitrogens with zero attached hydrogens (tertiary/aromatic N) is 6. The lowest BCUT2D eigenvalue weighted by Gasteiger charge is -2.26. The zero-order chi connectivity index (χ0) is 25.8. The first kappa shape index (κ1) is 25.7. The summed E-state index contributed by atoms with van der Waals surface area (Å²) in [6, 6.07) is 6.86. The average molecular weight is 546 g/mol. The molecular formula is C25H29Cl2N7O3. The molecule has 2 aliphatic heterocycles. The van der Waals surface area contributed by atoms with Crippen LogP contribution in [-0.2, 0) is 30.7 Å². The molecule has 0 bridgehead atoms. The number of hydrogen-bond acceptors (Lipinski definition) is 8. The SMILES string of the molecule is Nc1ncc(C(=O)N2CCc3nnc(CCN4CCOCC4)n3CC2)cc1OCc1c(Cl)cccc1Cl. The molecule has 196 valence electrons. The first-order valence-corrected chi connectivity index (χ1v) is 13.1. The number of anilines is 1. The van der Waals surface area contributed by atoms with Gasteiger partial charge in [0.2, 0.25) is 0 Å². The highest BCUT2D eigenvalue weighted by atomic mass is 35.5. The Labute approximate surface area is 225 Å². The van der Waals surface area contributed by atoms with Crippen molar-refractivity contribution in [3.63, 3.8) is 0 Å². The molecule has 5 rings (SSSR count). The van der Waals surface area contributed by atoms with E-state index in [9.17, 15) is 4.79 Å². The van der Waals surface area contributed by atoms with Gasteiger partial charge < -0.3 is 24.7 Å². The first-order chi connectivity index (χ1) is 18.0. The van der Waals surface area contributed by atoms with Crippen LogP contribution in [0.25, 0.3) is 0 Å².